The molecule has 7 nitrogen and oxygen atoms in total. The zero-order valence-corrected chi connectivity index (χ0v) is 14.4. The van der Waals surface area contributed by atoms with E-state index in [-0.39, 0.29) is 18.4 Å². The molecular weight excluding hydrogens is 318 g/mol. The molecule has 1 heterocycles. The summed E-state index contributed by atoms with van der Waals surface area (Å²) < 4.78 is 1.64. The molecule has 0 saturated heterocycles. The van der Waals surface area contributed by atoms with Gasteiger partial charge < -0.3 is 10.2 Å². The van der Waals surface area contributed by atoms with E-state index in [0.717, 1.165) is 11.1 Å². The third-order valence-corrected chi connectivity index (χ3v) is 3.92. The van der Waals surface area contributed by atoms with E-state index in [1.807, 2.05) is 31.2 Å². The molecule has 3 rings (SSSR count). The molecule has 0 bridgehead atoms. The van der Waals surface area contributed by atoms with E-state index < -0.39 is 0 Å². The Balaban J connectivity index is 1.66. The average molecular weight is 337 g/mol. The van der Waals surface area contributed by atoms with Crippen LogP contribution in [0.2, 0.25) is 0 Å². The minimum Gasteiger partial charge on any atom is -0.332 e. The van der Waals surface area contributed by atoms with E-state index in [2.05, 4.69) is 15.6 Å². The van der Waals surface area contributed by atoms with E-state index >= 15 is 0 Å². The molecule has 0 aliphatic rings. The number of anilines is 1. The molecule has 0 aliphatic carbocycles. The zero-order chi connectivity index (χ0) is 18.0. The molecule has 0 radical (unpaired) electrons. The summed E-state index contributed by atoms with van der Waals surface area (Å²) >= 11 is 0. The number of hydrogen-bond acceptors (Lipinski definition) is 4. The van der Waals surface area contributed by atoms with Crippen LogP contribution in [-0.2, 0) is 11.8 Å². The van der Waals surface area contributed by atoms with Crippen molar-refractivity contribution in [3.05, 3.63) is 53.6 Å². The van der Waals surface area contributed by atoms with E-state index in [4.69, 9.17) is 0 Å². The van der Waals surface area contributed by atoms with Gasteiger partial charge in [-0.2, -0.15) is 0 Å². The van der Waals surface area contributed by atoms with Crippen molar-refractivity contribution in [2.24, 2.45) is 7.05 Å². The van der Waals surface area contributed by atoms with Crippen LogP contribution in [0.25, 0.3) is 11.0 Å². The zero-order valence-electron chi connectivity index (χ0n) is 14.4. The average Bonchev–Trinajstić information content (AvgIpc) is 2.96. The van der Waals surface area contributed by atoms with Crippen LogP contribution in [0.4, 0.5) is 5.69 Å². The molecule has 0 atom stereocenters. The maximum Gasteiger partial charge on any atom is 0.254 e. The summed E-state index contributed by atoms with van der Waals surface area (Å²) in [6.07, 6.45) is 0. The Kier molecular flexibility index (Phi) is 4.47. The van der Waals surface area contributed by atoms with Gasteiger partial charge in [0.1, 0.15) is 5.52 Å². The molecule has 7 heteroatoms. The highest BCUT2D eigenvalue weighted by atomic mass is 16.2. The number of aryl methyl sites for hydroxylation is 2. The Morgan fingerprint density at radius 1 is 1.16 bits per heavy atom. The van der Waals surface area contributed by atoms with Crippen molar-refractivity contribution < 1.29 is 9.59 Å². The molecule has 128 valence electrons. The SMILES string of the molecule is Cc1ccc(NC(=O)CN(C)C(=O)c2ccc3c(c2)nnn3C)cc1. The number of nitrogens with one attached hydrogen (secondary N) is 1. The fourth-order valence-corrected chi connectivity index (χ4v) is 2.52. The normalized spacial score (nSPS) is 10.7. The summed E-state index contributed by atoms with van der Waals surface area (Å²) in [6, 6.07) is 12.7. The molecule has 2 amide bonds. The number of aromatic nitrogens is 3. The molecule has 0 aliphatic heterocycles. The van der Waals surface area contributed by atoms with Gasteiger partial charge in [-0.05, 0) is 37.3 Å². The van der Waals surface area contributed by atoms with Gasteiger partial charge in [0.25, 0.3) is 5.91 Å². The van der Waals surface area contributed by atoms with Gasteiger partial charge in [0, 0.05) is 25.3 Å². The topological polar surface area (TPSA) is 80.1 Å². The Labute approximate surface area is 145 Å². The number of nitrogens with zero attached hydrogens (tertiary/aromatic N) is 4. The quantitative estimate of drug-likeness (QED) is 0.789. The predicted octanol–water partition coefficient (Wildman–Crippen LogP) is 1.99. The maximum atomic E-state index is 12.5. The molecular formula is C18H19N5O2. The molecule has 0 spiro atoms. The molecule has 0 unspecified atom stereocenters. The second kappa shape index (κ2) is 6.72. The van der Waals surface area contributed by atoms with Crippen LogP contribution >= 0.6 is 0 Å². The lowest BCUT2D eigenvalue weighted by Crippen LogP contribution is -2.34. The van der Waals surface area contributed by atoms with Gasteiger partial charge in [-0.1, -0.05) is 22.9 Å². The van der Waals surface area contributed by atoms with Crippen molar-refractivity contribution in [3.63, 3.8) is 0 Å². The monoisotopic (exact) mass is 337 g/mol. The smallest absolute Gasteiger partial charge is 0.254 e. The minimum absolute atomic E-state index is 0.0365. The largest absolute Gasteiger partial charge is 0.332 e. The van der Waals surface area contributed by atoms with E-state index in [1.54, 1.807) is 37.0 Å². The van der Waals surface area contributed by atoms with Gasteiger partial charge in [0.05, 0.1) is 12.1 Å². The number of benzene rings is 2. The summed E-state index contributed by atoms with van der Waals surface area (Å²) in [6.45, 7) is 1.94. The summed E-state index contributed by atoms with van der Waals surface area (Å²) in [4.78, 5) is 26.0. The highest BCUT2D eigenvalue weighted by Crippen LogP contribution is 2.14. The van der Waals surface area contributed by atoms with Crippen molar-refractivity contribution in [3.8, 4) is 0 Å². The van der Waals surface area contributed by atoms with Crippen LogP contribution in [-0.4, -0.2) is 45.3 Å². The lowest BCUT2D eigenvalue weighted by atomic mass is 10.1. The van der Waals surface area contributed by atoms with Crippen molar-refractivity contribution in [2.45, 2.75) is 6.92 Å². The molecule has 1 N–H and O–H groups in total. The summed E-state index contributed by atoms with van der Waals surface area (Å²) in [7, 11) is 3.39. The van der Waals surface area contributed by atoms with Crippen LogP contribution in [0.3, 0.4) is 0 Å². The second-order valence-electron chi connectivity index (χ2n) is 5.99. The second-order valence-corrected chi connectivity index (χ2v) is 5.99. The third-order valence-electron chi connectivity index (χ3n) is 3.92. The van der Waals surface area contributed by atoms with Crippen molar-refractivity contribution in [1.29, 1.82) is 0 Å². The number of likely N-dealkylation sites (N-methyl/N-ethyl adjacent to an activating group) is 1. The Morgan fingerprint density at radius 3 is 2.60 bits per heavy atom. The number of rotatable bonds is 4. The number of carbonyl (C=O) groups is 2. The van der Waals surface area contributed by atoms with Gasteiger partial charge >= 0.3 is 0 Å². The van der Waals surface area contributed by atoms with Crippen LogP contribution < -0.4 is 5.32 Å². The summed E-state index contributed by atoms with van der Waals surface area (Å²) in [5.41, 5.74) is 3.78. The van der Waals surface area contributed by atoms with E-state index in [1.165, 1.54) is 4.90 Å². The fraction of sp³-hybridized carbons (Fsp3) is 0.222. The van der Waals surface area contributed by atoms with E-state index in [0.29, 0.717) is 16.8 Å². The lowest BCUT2D eigenvalue weighted by Gasteiger charge is -2.17. The van der Waals surface area contributed by atoms with Gasteiger partial charge in [-0.25, -0.2) is 4.68 Å². The lowest BCUT2D eigenvalue weighted by molar-refractivity contribution is -0.116. The van der Waals surface area contributed by atoms with Crippen LogP contribution in [0.1, 0.15) is 15.9 Å². The third kappa shape index (κ3) is 3.65. The highest BCUT2D eigenvalue weighted by molar-refractivity contribution is 6.00. The number of fused-ring (bicyclic) bond motifs is 1. The van der Waals surface area contributed by atoms with Crippen molar-refractivity contribution >= 4 is 28.5 Å². The standard InChI is InChI=1S/C18H19N5O2/c1-12-4-7-14(8-5-12)19-17(24)11-22(2)18(25)13-6-9-16-15(10-13)20-21-23(16)3/h4-10H,11H2,1-3H3,(H,19,24). The first-order chi connectivity index (χ1) is 11.9. The number of amides is 2. The first-order valence-corrected chi connectivity index (χ1v) is 7.85. The Hall–Kier alpha value is -3.22. The summed E-state index contributed by atoms with van der Waals surface area (Å²) in [5, 5.41) is 10.7. The van der Waals surface area contributed by atoms with Crippen molar-refractivity contribution in [1.82, 2.24) is 19.9 Å². The molecule has 1 aromatic heterocycles. The Bertz CT molecular complexity index is 930. The van der Waals surface area contributed by atoms with Crippen LogP contribution in [0, 0.1) is 6.92 Å². The number of carbonyl (C=O) groups excluding carboxylic acids is 2. The maximum absolute atomic E-state index is 12.5. The van der Waals surface area contributed by atoms with E-state index in [9.17, 15) is 9.59 Å². The summed E-state index contributed by atoms with van der Waals surface area (Å²) in [5.74, 6) is -0.494. The fourth-order valence-electron chi connectivity index (χ4n) is 2.52. The highest BCUT2D eigenvalue weighted by Gasteiger charge is 2.16. The number of hydrogen-bond donors (Lipinski definition) is 1. The Morgan fingerprint density at radius 2 is 1.88 bits per heavy atom. The van der Waals surface area contributed by atoms with Gasteiger partial charge in [-0.3, -0.25) is 9.59 Å². The first-order valence-electron chi connectivity index (χ1n) is 7.85. The van der Waals surface area contributed by atoms with Crippen LogP contribution in [0.5, 0.6) is 0 Å². The molecule has 25 heavy (non-hydrogen) atoms. The predicted molar refractivity (Wildman–Crippen MR) is 95.3 cm³/mol. The first kappa shape index (κ1) is 16.6. The van der Waals surface area contributed by atoms with Gasteiger partial charge in [0.2, 0.25) is 5.91 Å². The minimum atomic E-state index is -0.250. The molecule has 3 aromatic rings. The van der Waals surface area contributed by atoms with Gasteiger partial charge in [-0.15, -0.1) is 5.10 Å². The molecule has 0 fully saturated rings. The molecule has 0 saturated carbocycles. The molecule has 2 aromatic carbocycles. The van der Waals surface area contributed by atoms with Crippen LogP contribution in [0.15, 0.2) is 42.5 Å². The van der Waals surface area contributed by atoms with Crippen molar-refractivity contribution in [2.75, 3.05) is 18.9 Å². The van der Waals surface area contributed by atoms with Gasteiger partial charge in [0.15, 0.2) is 0 Å².